The smallest absolute Gasteiger partial charge is 0.254 e. The minimum atomic E-state index is -0.143. The summed E-state index contributed by atoms with van der Waals surface area (Å²) in [5.74, 6) is -0.0805. The van der Waals surface area contributed by atoms with Gasteiger partial charge in [0.1, 0.15) is 5.88 Å². The molecule has 1 aliphatic rings. The fourth-order valence-electron chi connectivity index (χ4n) is 2.48. The Kier molecular flexibility index (Phi) is 5.01. The molecule has 1 heterocycles. The summed E-state index contributed by atoms with van der Waals surface area (Å²) < 4.78 is 0. The lowest BCUT2D eigenvalue weighted by Gasteiger charge is -2.32. The largest absolute Gasteiger partial charge is 0.352 e. The highest BCUT2D eigenvalue weighted by atomic mass is 35.5. The molecule has 4 nitrogen and oxygen atoms in total. The van der Waals surface area contributed by atoms with Gasteiger partial charge in [-0.05, 0) is 31.4 Å². The van der Waals surface area contributed by atoms with Crippen LogP contribution in [0, 0.1) is 6.92 Å². The number of amides is 2. The minimum absolute atomic E-state index is 0.0116. The zero-order valence-corrected chi connectivity index (χ0v) is 12.3. The predicted molar refractivity (Wildman–Crippen MR) is 79.0 cm³/mol. The average Bonchev–Trinajstić information content (AvgIpc) is 2.47. The van der Waals surface area contributed by atoms with Gasteiger partial charge in [0, 0.05) is 24.7 Å². The van der Waals surface area contributed by atoms with Gasteiger partial charge < -0.3 is 10.2 Å². The second-order valence-electron chi connectivity index (χ2n) is 5.08. The molecule has 1 saturated heterocycles. The van der Waals surface area contributed by atoms with E-state index in [0.29, 0.717) is 13.1 Å². The maximum Gasteiger partial charge on any atom is 0.254 e. The van der Waals surface area contributed by atoms with E-state index in [2.05, 4.69) is 5.32 Å². The number of carbonyl (C=O) groups excluding carboxylic acids is 2. The van der Waals surface area contributed by atoms with E-state index in [0.717, 1.165) is 24.0 Å². The second-order valence-corrected chi connectivity index (χ2v) is 5.35. The molecule has 0 unspecified atom stereocenters. The van der Waals surface area contributed by atoms with Gasteiger partial charge in [0.05, 0.1) is 0 Å². The first kappa shape index (κ1) is 14.9. The van der Waals surface area contributed by atoms with Gasteiger partial charge in [-0.15, -0.1) is 11.6 Å². The fourth-order valence-corrected chi connectivity index (χ4v) is 2.55. The number of piperidine rings is 1. The number of hydrogen-bond acceptors (Lipinski definition) is 2. The molecule has 0 radical (unpaired) electrons. The molecule has 0 spiro atoms. The van der Waals surface area contributed by atoms with Crippen molar-refractivity contribution in [3.8, 4) is 0 Å². The van der Waals surface area contributed by atoms with Crippen LogP contribution in [-0.4, -0.2) is 41.7 Å². The van der Waals surface area contributed by atoms with E-state index in [1.165, 1.54) is 0 Å². The summed E-state index contributed by atoms with van der Waals surface area (Å²) >= 11 is 5.47. The molecule has 0 aliphatic carbocycles. The van der Waals surface area contributed by atoms with Crippen LogP contribution >= 0.6 is 11.6 Å². The van der Waals surface area contributed by atoms with Crippen molar-refractivity contribution in [2.45, 2.75) is 25.8 Å². The van der Waals surface area contributed by atoms with Gasteiger partial charge in [0.2, 0.25) is 5.91 Å². The van der Waals surface area contributed by atoms with Crippen molar-refractivity contribution in [2.75, 3.05) is 19.0 Å². The summed E-state index contributed by atoms with van der Waals surface area (Å²) in [5.41, 5.74) is 1.76. The van der Waals surface area contributed by atoms with Gasteiger partial charge in [-0.1, -0.05) is 18.2 Å². The van der Waals surface area contributed by atoms with E-state index in [1.807, 2.05) is 36.1 Å². The van der Waals surface area contributed by atoms with Gasteiger partial charge in [0.15, 0.2) is 0 Å². The summed E-state index contributed by atoms with van der Waals surface area (Å²) in [4.78, 5) is 25.5. The van der Waals surface area contributed by atoms with Crippen LogP contribution in [-0.2, 0) is 4.79 Å². The van der Waals surface area contributed by atoms with Crippen LogP contribution in [0.3, 0.4) is 0 Å². The van der Waals surface area contributed by atoms with E-state index in [9.17, 15) is 9.59 Å². The summed E-state index contributed by atoms with van der Waals surface area (Å²) in [6.07, 6.45) is 1.56. The van der Waals surface area contributed by atoms with Gasteiger partial charge in [0.25, 0.3) is 5.91 Å². The van der Waals surface area contributed by atoms with E-state index in [4.69, 9.17) is 11.6 Å². The number of likely N-dealkylation sites (tertiary alicyclic amines) is 1. The quantitative estimate of drug-likeness (QED) is 0.866. The third kappa shape index (κ3) is 3.51. The molecule has 5 heteroatoms. The first-order valence-corrected chi connectivity index (χ1v) is 7.35. The molecule has 1 fully saturated rings. The van der Waals surface area contributed by atoms with Crippen LogP contribution in [0.15, 0.2) is 24.3 Å². The van der Waals surface area contributed by atoms with E-state index < -0.39 is 0 Å². The molecule has 20 heavy (non-hydrogen) atoms. The minimum Gasteiger partial charge on any atom is -0.352 e. The summed E-state index contributed by atoms with van der Waals surface area (Å²) in [7, 11) is 0. The highest BCUT2D eigenvalue weighted by molar-refractivity contribution is 6.27. The Hall–Kier alpha value is -1.55. The highest BCUT2D eigenvalue weighted by Crippen LogP contribution is 2.16. The topological polar surface area (TPSA) is 49.4 Å². The third-order valence-corrected chi connectivity index (χ3v) is 3.89. The molecular weight excluding hydrogens is 276 g/mol. The molecule has 0 bridgehead atoms. The molecule has 1 aromatic rings. The zero-order chi connectivity index (χ0) is 14.5. The first-order valence-electron chi connectivity index (χ1n) is 6.82. The Morgan fingerprint density at radius 3 is 2.55 bits per heavy atom. The van der Waals surface area contributed by atoms with Crippen LogP contribution in [0.25, 0.3) is 0 Å². The van der Waals surface area contributed by atoms with Crippen LogP contribution in [0.4, 0.5) is 0 Å². The Labute approximate surface area is 124 Å². The SMILES string of the molecule is Cc1ccccc1C(=O)N1CCC(NC(=O)CCl)CC1. The number of nitrogens with one attached hydrogen (secondary N) is 1. The van der Waals surface area contributed by atoms with Gasteiger partial charge in [-0.3, -0.25) is 9.59 Å². The number of halogens is 1. The lowest BCUT2D eigenvalue weighted by molar-refractivity contribution is -0.119. The van der Waals surface area contributed by atoms with Crippen molar-refractivity contribution >= 4 is 23.4 Å². The number of alkyl halides is 1. The van der Waals surface area contributed by atoms with Crippen LogP contribution in [0.5, 0.6) is 0 Å². The van der Waals surface area contributed by atoms with Crippen molar-refractivity contribution in [3.63, 3.8) is 0 Å². The number of aryl methyl sites for hydroxylation is 1. The normalized spacial score (nSPS) is 16.0. The summed E-state index contributed by atoms with van der Waals surface area (Å²) in [6, 6.07) is 7.75. The van der Waals surface area contributed by atoms with Crippen molar-refractivity contribution in [2.24, 2.45) is 0 Å². The average molecular weight is 295 g/mol. The van der Waals surface area contributed by atoms with Crippen LogP contribution in [0.2, 0.25) is 0 Å². The fraction of sp³-hybridized carbons (Fsp3) is 0.467. The maximum atomic E-state index is 12.4. The van der Waals surface area contributed by atoms with Crippen LogP contribution in [0.1, 0.15) is 28.8 Å². The Morgan fingerprint density at radius 1 is 1.30 bits per heavy atom. The molecule has 2 rings (SSSR count). The molecule has 1 aliphatic heterocycles. The summed E-state index contributed by atoms with van der Waals surface area (Å²) in [6.45, 7) is 3.28. The molecule has 108 valence electrons. The first-order chi connectivity index (χ1) is 9.61. The Balaban J connectivity index is 1.92. The summed E-state index contributed by atoms with van der Waals surface area (Å²) in [5, 5.41) is 2.87. The number of carbonyl (C=O) groups is 2. The third-order valence-electron chi connectivity index (χ3n) is 3.64. The molecule has 0 aromatic heterocycles. The lowest BCUT2D eigenvalue weighted by Crippen LogP contribution is -2.47. The van der Waals surface area contributed by atoms with Gasteiger partial charge in [-0.2, -0.15) is 0 Å². The second kappa shape index (κ2) is 6.75. The van der Waals surface area contributed by atoms with Crippen molar-refractivity contribution < 1.29 is 9.59 Å². The molecule has 1 aromatic carbocycles. The van der Waals surface area contributed by atoms with Crippen molar-refractivity contribution in [3.05, 3.63) is 35.4 Å². The maximum absolute atomic E-state index is 12.4. The Morgan fingerprint density at radius 2 is 1.95 bits per heavy atom. The van der Waals surface area contributed by atoms with Crippen molar-refractivity contribution in [1.29, 1.82) is 0 Å². The van der Waals surface area contributed by atoms with E-state index in [1.54, 1.807) is 0 Å². The highest BCUT2D eigenvalue weighted by Gasteiger charge is 2.24. The zero-order valence-electron chi connectivity index (χ0n) is 11.6. The predicted octanol–water partition coefficient (Wildman–Crippen LogP) is 1.95. The van der Waals surface area contributed by atoms with Crippen molar-refractivity contribution in [1.82, 2.24) is 10.2 Å². The molecule has 0 saturated carbocycles. The number of nitrogens with zero attached hydrogens (tertiary/aromatic N) is 1. The Bertz CT molecular complexity index is 496. The lowest BCUT2D eigenvalue weighted by atomic mass is 10.0. The van der Waals surface area contributed by atoms with E-state index in [-0.39, 0.29) is 23.7 Å². The van der Waals surface area contributed by atoms with Crippen LogP contribution < -0.4 is 5.32 Å². The monoisotopic (exact) mass is 294 g/mol. The van der Waals surface area contributed by atoms with E-state index >= 15 is 0 Å². The number of rotatable bonds is 3. The van der Waals surface area contributed by atoms with Gasteiger partial charge in [-0.25, -0.2) is 0 Å². The molecular formula is C15H19ClN2O2. The standard InChI is InChI=1S/C15H19ClN2O2/c1-11-4-2-3-5-13(11)15(20)18-8-6-12(7-9-18)17-14(19)10-16/h2-5,12H,6-10H2,1H3,(H,17,19). The number of benzene rings is 1. The molecule has 2 amide bonds. The molecule has 1 N–H and O–H groups in total. The number of hydrogen-bond donors (Lipinski definition) is 1. The van der Waals surface area contributed by atoms with Gasteiger partial charge >= 0.3 is 0 Å². The molecule has 0 atom stereocenters.